The molecule has 1 fully saturated rings. The lowest BCUT2D eigenvalue weighted by molar-refractivity contribution is -0.274. The van der Waals surface area contributed by atoms with Crippen LogP contribution in [0, 0.1) is 0 Å². The first-order chi connectivity index (χ1) is 10.3. The fourth-order valence-corrected chi connectivity index (χ4v) is 2.55. The van der Waals surface area contributed by atoms with E-state index in [1.807, 2.05) is 4.90 Å². The zero-order chi connectivity index (χ0) is 16.2. The third-order valence-electron chi connectivity index (χ3n) is 3.49. The highest BCUT2D eigenvalue weighted by atomic mass is 19.4. The van der Waals surface area contributed by atoms with Crippen molar-refractivity contribution in [2.24, 2.45) is 0 Å². The van der Waals surface area contributed by atoms with Crippen molar-refractivity contribution >= 4 is 0 Å². The molecule has 0 aromatic heterocycles. The average molecular weight is 324 g/mol. The van der Waals surface area contributed by atoms with Crippen LogP contribution in [0.5, 0.6) is 5.75 Å². The Hall–Kier alpha value is -1.41. The molecule has 22 heavy (non-hydrogen) atoms. The molecule has 1 atom stereocenters. The summed E-state index contributed by atoms with van der Waals surface area (Å²) in [5.74, 6) is -0.354. The van der Waals surface area contributed by atoms with Gasteiger partial charge in [-0.3, -0.25) is 4.90 Å². The molecule has 1 aliphatic rings. The maximum absolute atomic E-state index is 12.8. The molecule has 0 unspecified atom stereocenters. The van der Waals surface area contributed by atoms with Gasteiger partial charge in [0.1, 0.15) is 5.75 Å². The van der Waals surface area contributed by atoms with Crippen LogP contribution < -0.4 is 10.1 Å². The quantitative estimate of drug-likeness (QED) is 0.842. The van der Waals surface area contributed by atoms with Crippen molar-refractivity contribution < 1.29 is 26.7 Å². The summed E-state index contributed by atoms with van der Waals surface area (Å²) in [7, 11) is 0. The molecule has 1 saturated heterocycles. The van der Waals surface area contributed by atoms with Crippen molar-refractivity contribution in [2.45, 2.75) is 25.3 Å². The Labute approximate surface area is 125 Å². The third kappa shape index (κ3) is 5.10. The molecule has 0 amide bonds. The van der Waals surface area contributed by atoms with Gasteiger partial charge < -0.3 is 10.1 Å². The van der Waals surface area contributed by atoms with E-state index in [0.717, 1.165) is 12.1 Å². The Balaban J connectivity index is 2.12. The molecule has 0 bridgehead atoms. The van der Waals surface area contributed by atoms with Crippen molar-refractivity contribution in [2.75, 3.05) is 26.2 Å². The van der Waals surface area contributed by atoms with E-state index >= 15 is 0 Å². The molecule has 8 heteroatoms. The summed E-state index contributed by atoms with van der Waals surface area (Å²) < 4.78 is 65.8. The van der Waals surface area contributed by atoms with Gasteiger partial charge in [-0.2, -0.15) is 0 Å². The number of benzene rings is 1. The molecule has 0 saturated carbocycles. The standard InChI is InChI=1S/C14H17F5N2O/c15-13(16)9-12(21-7-5-20-6-8-21)10-1-3-11(4-2-10)22-14(17,18)19/h1-4,12-13,20H,5-9H2/t12-/m0/s1. The highest BCUT2D eigenvalue weighted by molar-refractivity contribution is 5.29. The zero-order valence-electron chi connectivity index (χ0n) is 11.7. The van der Waals surface area contributed by atoms with Crippen LogP contribution in [0.2, 0.25) is 0 Å². The first kappa shape index (κ1) is 17.0. The van der Waals surface area contributed by atoms with Gasteiger partial charge in [-0.25, -0.2) is 8.78 Å². The number of ether oxygens (including phenoxy) is 1. The minimum absolute atomic E-state index is 0.348. The number of nitrogens with zero attached hydrogens (tertiary/aromatic N) is 1. The van der Waals surface area contributed by atoms with Gasteiger partial charge in [0, 0.05) is 38.6 Å². The molecule has 0 spiro atoms. The molecule has 1 aromatic rings. The minimum Gasteiger partial charge on any atom is -0.406 e. The van der Waals surface area contributed by atoms with E-state index in [9.17, 15) is 22.0 Å². The SMILES string of the molecule is FC(F)C[C@@H](c1ccc(OC(F)(F)F)cc1)N1CCNCC1. The van der Waals surface area contributed by atoms with E-state index in [4.69, 9.17) is 0 Å². The maximum Gasteiger partial charge on any atom is 0.573 e. The van der Waals surface area contributed by atoms with Gasteiger partial charge in [-0.05, 0) is 17.7 Å². The summed E-state index contributed by atoms with van der Waals surface area (Å²) in [6, 6.07) is 4.63. The topological polar surface area (TPSA) is 24.5 Å². The molecule has 2 rings (SSSR count). The van der Waals surface area contributed by atoms with Crippen LogP contribution >= 0.6 is 0 Å². The van der Waals surface area contributed by atoms with Gasteiger partial charge in [0.15, 0.2) is 0 Å². The number of rotatable bonds is 5. The van der Waals surface area contributed by atoms with Crippen LogP contribution in [0.3, 0.4) is 0 Å². The van der Waals surface area contributed by atoms with Crippen molar-refractivity contribution in [3.05, 3.63) is 29.8 Å². The largest absolute Gasteiger partial charge is 0.573 e. The van der Waals surface area contributed by atoms with Crippen molar-refractivity contribution in [3.8, 4) is 5.75 Å². The third-order valence-corrected chi connectivity index (χ3v) is 3.49. The minimum atomic E-state index is -4.76. The van der Waals surface area contributed by atoms with Crippen molar-refractivity contribution in [1.29, 1.82) is 0 Å². The highest BCUT2D eigenvalue weighted by Gasteiger charge is 2.31. The Morgan fingerprint density at radius 2 is 1.68 bits per heavy atom. The Bertz CT molecular complexity index is 457. The van der Waals surface area contributed by atoms with E-state index in [2.05, 4.69) is 10.1 Å². The van der Waals surface area contributed by atoms with Crippen LogP contribution in [0.15, 0.2) is 24.3 Å². The van der Waals surface area contributed by atoms with Gasteiger partial charge >= 0.3 is 6.36 Å². The van der Waals surface area contributed by atoms with E-state index in [1.54, 1.807) is 0 Å². The fraction of sp³-hybridized carbons (Fsp3) is 0.571. The van der Waals surface area contributed by atoms with Crippen LogP contribution in [-0.4, -0.2) is 43.9 Å². The zero-order valence-corrected chi connectivity index (χ0v) is 11.7. The Kier molecular flexibility index (Phi) is 5.57. The van der Waals surface area contributed by atoms with Crippen LogP contribution in [0.25, 0.3) is 0 Å². The number of nitrogens with one attached hydrogen (secondary N) is 1. The predicted molar refractivity (Wildman–Crippen MR) is 70.9 cm³/mol. The molecule has 1 N–H and O–H groups in total. The first-order valence-corrected chi connectivity index (χ1v) is 6.94. The second-order valence-electron chi connectivity index (χ2n) is 5.05. The van der Waals surface area contributed by atoms with E-state index in [1.165, 1.54) is 12.1 Å². The van der Waals surface area contributed by atoms with Gasteiger partial charge in [0.05, 0.1) is 0 Å². The van der Waals surface area contributed by atoms with Crippen LogP contribution in [-0.2, 0) is 0 Å². The Morgan fingerprint density at radius 3 is 2.18 bits per heavy atom. The van der Waals surface area contributed by atoms with Crippen molar-refractivity contribution in [3.63, 3.8) is 0 Å². The summed E-state index contributed by atoms with van der Waals surface area (Å²) in [5.41, 5.74) is 0.566. The van der Waals surface area contributed by atoms with Crippen LogP contribution in [0.1, 0.15) is 18.0 Å². The monoisotopic (exact) mass is 324 g/mol. The van der Waals surface area contributed by atoms with Crippen molar-refractivity contribution in [1.82, 2.24) is 10.2 Å². The van der Waals surface area contributed by atoms with E-state index in [-0.39, 0.29) is 12.2 Å². The average Bonchev–Trinajstić information content (AvgIpc) is 2.45. The van der Waals surface area contributed by atoms with Crippen LogP contribution in [0.4, 0.5) is 22.0 Å². The van der Waals surface area contributed by atoms with E-state index < -0.39 is 18.8 Å². The number of hydrogen-bond acceptors (Lipinski definition) is 3. The van der Waals surface area contributed by atoms with Gasteiger partial charge in [-0.15, -0.1) is 13.2 Å². The van der Waals surface area contributed by atoms with Gasteiger partial charge in [0.25, 0.3) is 0 Å². The highest BCUT2D eigenvalue weighted by Crippen LogP contribution is 2.30. The van der Waals surface area contributed by atoms with Gasteiger partial charge in [0.2, 0.25) is 6.43 Å². The van der Waals surface area contributed by atoms with E-state index in [0.29, 0.717) is 31.7 Å². The smallest absolute Gasteiger partial charge is 0.406 e. The second kappa shape index (κ2) is 7.23. The lowest BCUT2D eigenvalue weighted by Gasteiger charge is -2.35. The summed E-state index contributed by atoms with van der Waals surface area (Å²) >= 11 is 0. The molecule has 1 heterocycles. The van der Waals surface area contributed by atoms with Gasteiger partial charge in [-0.1, -0.05) is 12.1 Å². The maximum atomic E-state index is 12.8. The normalized spacial score (nSPS) is 18.5. The fourth-order valence-electron chi connectivity index (χ4n) is 2.55. The molecule has 3 nitrogen and oxygen atoms in total. The summed E-state index contributed by atoms with van der Waals surface area (Å²) in [6.45, 7) is 2.65. The molecule has 1 aromatic carbocycles. The molecular weight excluding hydrogens is 307 g/mol. The molecule has 124 valence electrons. The molecule has 0 aliphatic carbocycles. The number of hydrogen-bond donors (Lipinski definition) is 1. The number of halogens is 5. The first-order valence-electron chi connectivity index (χ1n) is 6.94. The second-order valence-corrected chi connectivity index (χ2v) is 5.05. The summed E-state index contributed by atoms with van der Waals surface area (Å²) in [5, 5.41) is 3.14. The molecule has 0 radical (unpaired) electrons. The number of piperazine rings is 1. The summed E-state index contributed by atoms with van der Waals surface area (Å²) in [4.78, 5) is 1.92. The lowest BCUT2D eigenvalue weighted by atomic mass is 10.0. The predicted octanol–water partition coefficient (Wildman–Crippen LogP) is 3.19. The number of alkyl halides is 5. The Morgan fingerprint density at radius 1 is 1.09 bits per heavy atom. The molecular formula is C14H17F5N2O. The summed E-state index contributed by atoms with van der Waals surface area (Å²) in [6.07, 6.45) is -7.59. The molecule has 1 aliphatic heterocycles. The lowest BCUT2D eigenvalue weighted by Crippen LogP contribution is -2.45.